The second-order valence-electron chi connectivity index (χ2n) is 2.51. The van der Waals surface area contributed by atoms with E-state index in [0.29, 0.717) is 0 Å². The van der Waals surface area contributed by atoms with Gasteiger partial charge in [0.1, 0.15) is 0 Å². The van der Waals surface area contributed by atoms with Gasteiger partial charge in [-0.15, -0.1) is 0 Å². The Kier molecular flexibility index (Phi) is 14.9. The Bertz CT molecular complexity index is 262. The first-order valence-electron chi connectivity index (χ1n) is 3.62. The van der Waals surface area contributed by atoms with E-state index in [4.69, 9.17) is 17.5 Å². The first-order valence-corrected chi connectivity index (χ1v) is 4.95. The van der Waals surface area contributed by atoms with E-state index in [0.717, 1.165) is 13.2 Å². The molecule has 0 unspecified atom stereocenters. The number of hydrogen-bond acceptors (Lipinski definition) is 6. The van der Waals surface area contributed by atoms with Crippen LogP contribution in [0.15, 0.2) is 12.4 Å². The van der Waals surface area contributed by atoms with E-state index >= 15 is 0 Å². The zero-order valence-corrected chi connectivity index (χ0v) is 14.3. The van der Waals surface area contributed by atoms with E-state index in [9.17, 15) is 0 Å². The number of rotatable bonds is 1. The van der Waals surface area contributed by atoms with Gasteiger partial charge in [0.15, 0.2) is 0 Å². The summed E-state index contributed by atoms with van der Waals surface area (Å²) >= 11 is 0. The van der Waals surface area contributed by atoms with Crippen molar-refractivity contribution in [1.82, 2.24) is 9.80 Å². The van der Waals surface area contributed by atoms with Crippen molar-refractivity contribution >= 4 is 10.4 Å². The minimum absolute atomic E-state index is 0. The molecule has 1 rings (SSSR count). The summed E-state index contributed by atoms with van der Waals surface area (Å²) in [6.45, 7) is 4.32. The van der Waals surface area contributed by atoms with Crippen molar-refractivity contribution < 1.29 is 76.6 Å². The average molecular weight is 254 g/mol. The van der Waals surface area contributed by atoms with E-state index in [-0.39, 0.29) is 59.1 Å². The molecule has 0 bridgehead atoms. The molecule has 1 aliphatic rings. The van der Waals surface area contributed by atoms with Crippen molar-refractivity contribution in [2.75, 3.05) is 20.3 Å². The topological polar surface area (TPSA) is 86.7 Å². The Labute approximate surface area is 135 Å². The molecular weight excluding hydrogens is 242 g/mol. The van der Waals surface area contributed by atoms with Gasteiger partial charge in [-0.05, 0) is 6.92 Å². The van der Waals surface area contributed by atoms with Crippen LogP contribution in [0.1, 0.15) is 6.92 Å². The van der Waals surface area contributed by atoms with Gasteiger partial charge in [-0.1, -0.05) is 0 Å². The SMILES string of the molecule is CCN1C=CN(C)C1.O=S(=O)([O-])[O-].[Na+].[Na+]. The summed E-state index contributed by atoms with van der Waals surface area (Å²) < 4.78 is 34.1. The molecule has 0 atom stereocenters. The fraction of sp³-hybridized carbons (Fsp3) is 0.667. The van der Waals surface area contributed by atoms with E-state index < -0.39 is 10.4 Å². The van der Waals surface area contributed by atoms with Crippen molar-refractivity contribution in [1.29, 1.82) is 0 Å². The van der Waals surface area contributed by atoms with Crippen LogP contribution in [0.4, 0.5) is 0 Å². The molecule has 0 fully saturated rings. The molecule has 0 aliphatic carbocycles. The minimum atomic E-state index is -5.17. The molecule has 0 amide bonds. The Balaban J connectivity index is -0.000000185. The standard InChI is InChI=1S/C6H12N2.2Na.H2O4S/c1-3-8-5-4-7(2)6-8;;;1-5(2,3)4/h4-5H,3,6H2,1-2H3;;;(H2,1,2,3,4)/q;2*+1;/p-2. The van der Waals surface area contributed by atoms with Gasteiger partial charge in [0.2, 0.25) is 0 Å². The van der Waals surface area contributed by atoms with Crippen molar-refractivity contribution in [3.8, 4) is 0 Å². The van der Waals surface area contributed by atoms with Gasteiger partial charge < -0.3 is 18.9 Å². The minimum Gasteiger partial charge on any atom is -0.759 e. The summed E-state index contributed by atoms with van der Waals surface area (Å²) in [5.41, 5.74) is 0. The molecule has 0 aromatic rings. The summed E-state index contributed by atoms with van der Waals surface area (Å²) in [7, 11) is -3.09. The predicted molar refractivity (Wildman–Crippen MR) is 44.6 cm³/mol. The molecule has 1 heterocycles. The zero-order chi connectivity index (χ0) is 10.5. The van der Waals surface area contributed by atoms with Gasteiger partial charge in [0.05, 0.1) is 6.67 Å². The van der Waals surface area contributed by atoms with Crippen LogP contribution < -0.4 is 59.1 Å². The molecule has 0 saturated carbocycles. The fourth-order valence-corrected chi connectivity index (χ4v) is 0.794. The predicted octanol–water partition coefficient (Wildman–Crippen LogP) is -6.65. The fourth-order valence-electron chi connectivity index (χ4n) is 0.794. The maximum absolute atomic E-state index is 8.52. The normalized spacial score (nSPS) is 13.6. The Hall–Kier alpha value is 1.21. The van der Waals surface area contributed by atoms with Crippen molar-refractivity contribution in [2.24, 2.45) is 0 Å². The summed E-state index contributed by atoms with van der Waals surface area (Å²) in [4.78, 5) is 4.41. The average Bonchev–Trinajstić information content (AvgIpc) is 2.31. The van der Waals surface area contributed by atoms with Crippen molar-refractivity contribution in [3.05, 3.63) is 12.4 Å². The Morgan fingerprint density at radius 1 is 1.27 bits per heavy atom. The molecule has 0 aromatic heterocycles. The largest absolute Gasteiger partial charge is 1.00 e. The monoisotopic (exact) mass is 254 g/mol. The Morgan fingerprint density at radius 2 is 1.67 bits per heavy atom. The van der Waals surface area contributed by atoms with Gasteiger partial charge in [0.25, 0.3) is 0 Å². The maximum atomic E-state index is 8.52. The smallest absolute Gasteiger partial charge is 0.759 e. The van der Waals surface area contributed by atoms with Crippen LogP contribution in [0.25, 0.3) is 0 Å². The quantitative estimate of drug-likeness (QED) is 0.263. The summed E-state index contributed by atoms with van der Waals surface area (Å²) in [5.74, 6) is 0. The number of nitrogens with zero attached hydrogens (tertiary/aromatic N) is 2. The van der Waals surface area contributed by atoms with Crippen LogP contribution in [-0.4, -0.2) is 47.6 Å². The van der Waals surface area contributed by atoms with E-state index in [2.05, 4.69) is 36.2 Å². The van der Waals surface area contributed by atoms with Crippen molar-refractivity contribution in [2.45, 2.75) is 6.92 Å². The van der Waals surface area contributed by atoms with Gasteiger partial charge in [-0.3, -0.25) is 8.42 Å². The van der Waals surface area contributed by atoms with Gasteiger partial charge in [0, 0.05) is 36.4 Å². The molecule has 0 radical (unpaired) electrons. The van der Waals surface area contributed by atoms with Crippen LogP contribution in [0.5, 0.6) is 0 Å². The molecule has 0 N–H and O–H groups in total. The van der Waals surface area contributed by atoms with Crippen molar-refractivity contribution in [3.63, 3.8) is 0 Å². The zero-order valence-electron chi connectivity index (χ0n) is 9.50. The molecule has 0 aromatic carbocycles. The first kappa shape index (κ1) is 21.5. The molecule has 0 saturated heterocycles. The Morgan fingerprint density at radius 3 is 1.80 bits per heavy atom. The molecule has 9 heteroatoms. The molecule has 6 nitrogen and oxygen atoms in total. The van der Waals surface area contributed by atoms with Crippen LogP contribution in [-0.2, 0) is 10.4 Å². The van der Waals surface area contributed by atoms with E-state index in [1.807, 2.05) is 0 Å². The maximum Gasteiger partial charge on any atom is 1.00 e. The molecule has 78 valence electrons. The second kappa shape index (κ2) is 10.4. The van der Waals surface area contributed by atoms with Crippen LogP contribution in [0.2, 0.25) is 0 Å². The summed E-state index contributed by atoms with van der Waals surface area (Å²) in [5, 5.41) is 0. The molecule has 15 heavy (non-hydrogen) atoms. The third-order valence-electron chi connectivity index (χ3n) is 1.34. The third kappa shape index (κ3) is 17.8. The van der Waals surface area contributed by atoms with Crippen LogP contribution in [0.3, 0.4) is 0 Å². The van der Waals surface area contributed by atoms with Crippen LogP contribution in [0, 0.1) is 0 Å². The first-order chi connectivity index (χ1) is 5.83. The van der Waals surface area contributed by atoms with Gasteiger partial charge in [-0.2, -0.15) is 0 Å². The third-order valence-corrected chi connectivity index (χ3v) is 1.34. The summed E-state index contributed by atoms with van der Waals surface area (Å²) in [6, 6.07) is 0. The second-order valence-corrected chi connectivity index (χ2v) is 3.33. The van der Waals surface area contributed by atoms with Gasteiger partial charge >= 0.3 is 59.1 Å². The number of hydrogen-bond donors (Lipinski definition) is 0. The van der Waals surface area contributed by atoms with Gasteiger partial charge in [-0.25, -0.2) is 0 Å². The van der Waals surface area contributed by atoms with E-state index in [1.165, 1.54) is 0 Å². The summed E-state index contributed by atoms with van der Waals surface area (Å²) in [6.07, 6.45) is 4.20. The van der Waals surface area contributed by atoms with Crippen LogP contribution >= 0.6 is 0 Å². The molecular formula is C6H12N2Na2O4S. The molecule has 1 aliphatic heterocycles. The molecule has 0 spiro atoms. The van der Waals surface area contributed by atoms with E-state index in [1.54, 1.807) is 0 Å².